The Balaban J connectivity index is 5.24. The van der Waals surface area contributed by atoms with Crippen LogP contribution in [0.3, 0.4) is 0 Å². The van der Waals surface area contributed by atoms with E-state index < -0.39 is 97.5 Å². The molecule has 0 aliphatic carbocycles. The number of unbranched alkanes of at least 4 members (excludes halogenated alkanes) is 43. The van der Waals surface area contributed by atoms with Crippen molar-refractivity contribution in [3.05, 3.63) is 0 Å². The summed E-state index contributed by atoms with van der Waals surface area (Å²) >= 11 is 0. The zero-order valence-electron chi connectivity index (χ0n) is 65.1. The van der Waals surface area contributed by atoms with Crippen molar-refractivity contribution in [2.24, 2.45) is 23.7 Å². The summed E-state index contributed by atoms with van der Waals surface area (Å²) in [6.07, 6.45) is 55.5. The summed E-state index contributed by atoms with van der Waals surface area (Å²) in [5.74, 6) is 0.958. The average Bonchev–Trinajstić information content (AvgIpc) is 1.06. The number of aliphatic hydroxyl groups is 1. The number of ether oxygens (including phenoxy) is 4. The highest BCUT2D eigenvalue weighted by Crippen LogP contribution is 2.45. The van der Waals surface area contributed by atoms with Crippen LogP contribution >= 0.6 is 15.6 Å². The first kappa shape index (κ1) is 97.1. The van der Waals surface area contributed by atoms with Crippen LogP contribution in [-0.2, 0) is 65.4 Å². The van der Waals surface area contributed by atoms with Gasteiger partial charge in [0.15, 0.2) is 12.2 Å². The molecule has 0 aliphatic rings. The van der Waals surface area contributed by atoms with E-state index in [0.29, 0.717) is 31.6 Å². The highest BCUT2D eigenvalue weighted by molar-refractivity contribution is 7.47. The van der Waals surface area contributed by atoms with E-state index in [4.69, 9.17) is 37.0 Å². The fraction of sp³-hybridized carbons (Fsp3) is 0.950. The smallest absolute Gasteiger partial charge is 0.462 e. The van der Waals surface area contributed by atoms with Gasteiger partial charge in [-0.1, -0.05) is 357 Å². The first-order valence-corrected chi connectivity index (χ1v) is 44.2. The average molecular weight is 1450 g/mol. The van der Waals surface area contributed by atoms with Crippen LogP contribution in [0.2, 0.25) is 0 Å². The number of hydrogen-bond acceptors (Lipinski definition) is 15. The van der Waals surface area contributed by atoms with Gasteiger partial charge in [0.2, 0.25) is 0 Å². The molecular formula is C80H156O17P2. The monoisotopic (exact) mass is 1450 g/mol. The molecule has 0 fully saturated rings. The van der Waals surface area contributed by atoms with E-state index in [1.807, 2.05) is 0 Å². The second kappa shape index (κ2) is 69.1. The number of phosphoric acid groups is 2. The van der Waals surface area contributed by atoms with Gasteiger partial charge < -0.3 is 33.8 Å². The van der Waals surface area contributed by atoms with Gasteiger partial charge in [0.1, 0.15) is 19.3 Å². The predicted octanol–water partition coefficient (Wildman–Crippen LogP) is 23.6. The van der Waals surface area contributed by atoms with Crippen molar-refractivity contribution in [3.63, 3.8) is 0 Å². The number of carbonyl (C=O) groups excluding carboxylic acids is 4. The summed E-state index contributed by atoms with van der Waals surface area (Å²) in [6, 6.07) is 0. The third kappa shape index (κ3) is 74.1. The molecule has 0 saturated carbocycles. The lowest BCUT2D eigenvalue weighted by molar-refractivity contribution is -0.161. The minimum atomic E-state index is -4.96. The standard InChI is InChI=1S/C80H156O17P2/c1-70(2)56-48-40-32-25-19-14-10-9-11-16-22-29-37-46-54-62-79(84)96-75(66-90-77(82)60-52-44-36-28-24-18-21-27-34-42-50-58-72(5)6)68-94-98(86,87)92-64-74(81)65-93-99(88,89)95-69-76(67-91-78(83)61-53-45-39-31-35-43-51-59-73(7)8)97-80(85)63-55-47-38-30-23-17-13-12-15-20-26-33-41-49-57-71(3)4/h70-76,81H,9-69H2,1-8H3,(H,86,87)(H,88,89)/t74?,75-,76-/m1/s1. The normalized spacial score (nSPS) is 14.1. The Morgan fingerprint density at radius 3 is 0.626 bits per heavy atom. The lowest BCUT2D eigenvalue weighted by atomic mass is 10.0. The van der Waals surface area contributed by atoms with E-state index in [2.05, 4.69) is 55.4 Å². The fourth-order valence-electron chi connectivity index (χ4n) is 12.3. The molecule has 0 spiro atoms. The van der Waals surface area contributed by atoms with Crippen LogP contribution in [0.15, 0.2) is 0 Å². The van der Waals surface area contributed by atoms with Crippen LogP contribution in [0.5, 0.6) is 0 Å². The van der Waals surface area contributed by atoms with E-state index in [1.165, 1.54) is 205 Å². The van der Waals surface area contributed by atoms with Crippen molar-refractivity contribution in [2.45, 2.75) is 427 Å². The van der Waals surface area contributed by atoms with Gasteiger partial charge in [-0.2, -0.15) is 0 Å². The summed E-state index contributed by atoms with van der Waals surface area (Å²) in [7, 11) is -9.92. The quantitative estimate of drug-likeness (QED) is 0.0222. The minimum Gasteiger partial charge on any atom is -0.462 e. The van der Waals surface area contributed by atoms with Crippen molar-refractivity contribution < 1.29 is 80.2 Å². The van der Waals surface area contributed by atoms with Crippen molar-refractivity contribution >= 4 is 39.5 Å². The van der Waals surface area contributed by atoms with Gasteiger partial charge in [-0.15, -0.1) is 0 Å². The summed E-state index contributed by atoms with van der Waals surface area (Å²) < 4.78 is 68.7. The van der Waals surface area contributed by atoms with Gasteiger partial charge in [-0.25, -0.2) is 9.13 Å². The minimum absolute atomic E-state index is 0.106. The van der Waals surface area contributed by atoms with E-state index >= 15 is 0 Å². The maximum absolute atomic E-state index is 13.1. The highest BCUT2D eigenvalue weighted by Gasteiger charge is 2.30. The molecule has 99 heavy (non-hydrogen) atoms. The largest absolute Gasteiger partial charge is 0.472 e. The van der Waals surface area contributed by atoms with E-state index in [1.54, 1.807) is 0 Å². The van der Waals surface area contributed by atoms with Crippen molar-refractivity contribution in [3.8, 4) is 0 Å². The molecule has 0 radical (unpaired) electrons. The Bertz CT molecular complexity index is 1940. The molecule has 588 valence electrons. The molecule has 0 aromatic heterocycles. The SMILES string of the molecule is CC(C)CCCCCCCCCCCCCCCCCC(=O)O[C@H](COC(=O)CCCCCCCCCCCCCC(C)C)COP(=O)(O)OCC(O)COP(=O)(O)OC[C@@H](COC(=O)CCCCCCCCCC(C)C)OC(=O)CCCCCCCCCCCCCCCCC(C)C. The maximum atomic E-state index is 13.1. The Kier molecular flexibility index (Phi) is 67.8. The number of esters is 4. The lowest BCUT2D eigenvalue weighted by Gasteiger charge is -2.21. The topological polar surface area (TPSA) is 237 Å². The van der Waals surface area contributed by atoms with Crippen molar-refractivity contribution in [2.75, 3.05) is 39.6 Å². The first-order chi connectivity index (χ1) is 47.6. The molecule has 0 aromatic carbocycles. The molecule has 0 heterocycles. The Hall–Kier alpha value is -1.94. The Morgan fingerprint density at radius 1 is 0.253 bits per heavy atom. The summed E-state index contributed by atoms with van der Waals surface area (Å²) in [5, 5.41) is 10.6. The van der Waals surface area contributed by atoms with Gasteiger partial charge >= 0.3 is 39.5 Å². The number of hydrogen-bond donors (Lipinski definition) is 3. The molecule has 0 saturated heterocycles. The predicted molar refractivity (Wildman–Crippen MR) is 404 cm³/mol. The molecule has 0 aliphatic heterocycles. The molecule has 5 atom stereocenters. The fourth-order valence-corrected chi connectivity index (χ4v) is 13.8. The van der Waals surface area contributed by atoms with Crippen molar-refractivity contribution in [1.82, 2.24) is 0 Å². The van der Waals surface area contributed by atoms with Crippen molar-refractivity contribution in [1.29, 1.82) is 0 Å². The van der Waals surface area contributed by atoms with Gasteiger partial charge in [0.25, 0.3) is 0 Å². The van der Waals surface area contributed by atoms with Gasteiger partial charge in [0.05, 0.1) is 26.4 Å². The summed E-state index contributed by atoms with van der Waals surface area (Å²) in [6.45, 7) is 14.2. The summed E-state index contributed by atoms with van der Waals surface area (Å²) in [4.78, 5) is 73.0. The summed E-state index contributed by atoms with van der Waals surface area (Å²) in [5.41, 5.74) is 0. The Morgan fingerprint density at radius 2 is 0.424 bits per heavy atom. The third-order valence-electron chi connectivity index (χ3n) is 18.6. The number of carbonyl (C=O) groups is 4. The Labute approximate surface area is 607 Å². The molecule has 0 rings (SSSR count). The van der Waals surface area contributed by atoms with E-state index in [-0.39, 0.29) is 25.7 Å². The molecule has 17 nitrogen and oxygen atoms in total. The van der Waals surface area contributed by atoms with Crippen LogP contribution < -0.4 is 0 Å². The van der Waals surface area contributed by atoms with Crippen LogP contribution in [-0.4, -0.2) is 96.7 Å². The van der Waals surface area contributed by atoms with Gasteiger partial charge in [-0.05, 0) is 49.4 Å². The van der Waals surface area contributed by atoms with Crippen LogP contribution in [0.25, 0.3) is 0 Å². The number of rotatable bonds is 77. The van der Waals surface area contributed by atoms with Crippen LogP contribution in [0.1, 0.15) is 409 Å². The lowest BCUT2D eigenvalue weighted by Crippen LogP contribution is -2.30. The zero-order chi connectivity index (χ0) is 73.1. The highest BCUT2D eigenvalue weighted by atomic mass is 31.2. The zero-order valence-corrected chi connectivity index (χ0v) is 66.9. The molecule has 0 bridgehead atoms. The third-order valence-corrected chi connectivity index (χ3v) is 20.5. The number of phosphoric ester groups is 2. The van der Waals surface area contributed by atoms with E-state index in [0.717, 1.165) is 114 Å². The second-order valence-corrected chi connectivity index (χ2v) is 33.6. The van der Waals surface area contributed by atoms with Gasteiger partial charge in [0, 0.05) is 25.7 Å². The van der Waals surface area contributed by atoms with Crippen LogP contribution in [0.4, 0.5) is 0 Å². The van der Waals surface area contributed by atoms with Gasteiger partial charge in [-0.3, -0.25) is 37.3 Å². The van der Waals surface area contributed by atoms with E-state index in [9.17, 15) is 43.2 Å². The molecule has 3 unspecified atom stereocenters. The second-order valence-electron chi connectivity index (χ2n) is 30.7. The first-order valence-electron chi connectivity index (χ1n) is 41.2. The molecule has 19 heteroatoms. The maximum Gasteiger partial charge on any atom is 0.472 e. The number of aliphatic hydroxyl groups excluding tert-OH is 1. The molecular weight excluding hydrogens is 1290 g/mol. The molecule has 0 aromatic rings. The van der Waals surface area contributed by atoms with Crippen LogP contribution in [0, 0.1) is 23.7 Å². The molecule has 3 N–H and O–H groups in total. The molecule has 0 amide bonds.